The van der Waals surface area contributed by atoms with Gasteiger partial charge in [0.15, 0.2) is 0 Å². The molecule has 3 aromatic carbocycles. The minimum absolute atomic E-state index is 0.250. The molecule has 0 saturated carbocycles. The number of benzene rings is 3. The van der Waals surface area contributed by atoms with E-state index in [4.69, 9.17) is 9.90 Å². The Kier molecular flexibility index (Phi) is 6.71. The molecule has 0 bridgehead atoms. The van der Waals surface area contributed by atoms with Gasteiger partial charge in [0, 0.05) is 0 Å². The van der Waals surface area contributed by atoms with E-state index in [1.807, 2.05) is 0 Å². The summed E-state index contributed by atoms with van der Waals surface area (Å²) in [5.41, 5.74) is 0. The zero-order valence-corrected chi connectivity index (χ0v) is 15.5. The van der Waals surface area contributed by atoms with Crippen molar-refractivity contribution in [3.8, 4) is 0 Å². The number of carbonyl (C=O) groups is 1. The number of rotatable bonds is 3. The van der Waals surface area contributed by atoms with Gasteiger partial charge < -0.3 is 5.11 Å². The van der Waals surface area contributed by atoms with Gasteiger partial charge >= 0.3 is 121 Å². The van der Waals surface area contributed by atoms with Crippen LogP contribution in [0.3, 0.4) is 0 Å². The van der Waals surface area contributed by atoms with E-state index < -0.39 is 19.8 Å². The topological polar surface area (TPSA) is 37.3 Å². The van der Waals surface area contributed by atoms with Crippen LogP contribution < -0.4 is 10.7 Å². The zero-order chi connectivity index (χ0) is 15.6. The molecule has 0 saturated heterocycles. The van der Waals surface area contributed by atoms with Crippen LogP contribution in [0.2, 0.25) is 0 Å². The molecule has 0 radical (unpaired) electrons. The first-order valence-corrected chi connectivity index (χ1v) is 12.0. The average molecular weight is 397 g/mol. The van der Waals surface area contributed by atoms with Crippen molar-refractivity contribution in [2.24, 2.45) is 0 Å². The molecule has 0 unspecified atom stereocenters. The molecular formula is C19H18O2Sn. The van der Waals surface area contributed by atoms with Crippen molar-refractivity contribution in [3.05, 3.63) is 91.0 Å². The molecule has 3 aromatic rings. The summed E-state index contributed by atoms with van der Waals surface area (Å²) in [6.45, 7) is -0.250. The molecule has 3 rings (SSSR count). The van der Waals surface area contributed by atoms with Crippen LogP contribution in [0.4, 0.5) is 0 Å². The summed E-state index contributed by atoms with van der Waals surface area (Å²) in [4.78, 5) is 8.36. The Balaban J connectivity index is 0.000000545. The Morgan fingerprint density at radius 2 is 0.818 bits per heavy atom. The van der Waals surface area contributed by atoms with E-state index in [-0.39, 0.29) is 6.47 Å². The van der Waals surface area contributed by atoms with Gasteiger partial charge in [-0.2, -0.15) is 0 Å². The third-order valence-corrected chi connectivity index (χ3v) is 12.4. The molecular weight excluding hydrogens is 379 g/mol. The molecule has 0 aliphatic heterocycles. The quantitative estimate of drug-likeness (QED) is 0.539. The summed E-state index contributed by atoms with van der Waals surface area (Å²) in [6, 6.07) is 33.0. The summed E-state index contributed by atoms with van der Waals surface area (Å²) in [7, 11) is 0. The first-order chi connectivity index (χ1) is 10.9. The van der Waals surface area contributed by atoms with Gasteiger partial charge in [0.05, 0.1) is 0 Å². The Morgan fingerprint density at radius 3 is 1.05 bits per heavy atom. The maximum absolute atomic E-state index is 8.36. The maximum atomic E-state index is 8.36. The fourth-order valence-electron chi connectivity index (χ4n) is 2.51. The molecule has 0 fully saturated rings. The molecule has 0 aromatic heterocycles. The van der Waals surface area contributed by atoms with Crippen LogP contribution in [0.1, 0.15) is 0 Å². The van der Waals surface area contributed by atoms with Gasteiger partial charge in [0.1, 0.15) is 0 Å². The molecule has 3 heteroatoms. The van der Waals surface area contributed by atoms with Crippen molar-refractivity contribution in [2.75, 3.05) is 0 Å². The molecule has 0 heterocycles. The van der Waals surface area contributed by atoms with Crippen LogP contribution in [0.15, 0.2) is 91.0 Å². The van der Waals surface area contributed by atoms with Crippen molar-refractivity contribution in [1.82, 2.24) is 0 Å². The third-order valence-electron chi connectivity index (χ3n) is 3.40. The molecule has 22 heavy (non-hydrogen) atoms. The first-order valence-electron chi connectivity index (χ1n) is 7.09. The second-order valence-corrected chi connectivity index (χ2v) is 13.0. The molecule has 0 atom stereocenters. The van der Waals surface area contributed by atoms with Crippen molar-refractivity contribution in [2.45, 2.75) is 0 Å². The molecule has 2 nitrogen and oxygen atoms in total. The van der Waals surface area contributed by atoms with Gasteiger partial charge in [-0.05, 0) is 0 Å². The van der Waals surface area contributed by atoms with Gasteiger partial charge in [0.25, 0.3) is 6.47 Å². The molecule has 0 spiro atoms. The Labute approximate surface area is 137 Å². The predicted octanol–water partition coefficient (Wildman–Crippen LogP) is 1.64. The van der Waals surface area contributed by atoms with E-state index in [0.717, 1.165) is 0 Å². The molecule has 110 valence electrons. The van der Waals surface area contributed by atoms with Gasteiger partial charge in [-0.3, -0.25) is 4.79 Å². The minimum atomic E-state index is -2.14. The summed E-state index contributed by atoms with van der Waals surface area (Å²) < 4.78 is 4.63. The van der Waals surface area contributed by atoms with Gasteiger partial charge in [-0.15, -0.1) is 0 Å². The predicted molar refractivity (Wildman–Crippen MR) is 94.1 cm³/mol. The van der Waals surface area contributed by atoms with E-state index in [2.05, 4.69) is 91.0 Å². The van der Waals surface area contributed by atoms with Crippen molar-refractivity contribution in [1.29, 1.82) is 0 Å². The van der Waals surface area contributed by atoms with E-state index in [1.165, 1.54) is 0 Å². The summed E-state index contributed by atoms with van der Waals surface area (Å²) in [5, 5.41) is 6.89. The second-order valence-electron chi connectivity index (χ2n) is 4.77. The number of hydrogen-bond donors (Lipinski definition) is 1. The molecule has 0 aliphatic rings. The second kappa shape index (κ2) is 9.05. The van der Waals surface area contributed by atoms with Crippen LogP contribution >= 0.6 is 0 Å². The van der Waals surface area contributed by atoms with Gasteiger partial charge in [-0.1, -0.05) is 0 Å². The summed E-state index contributed by atoms with van der Waals surface area (Å²) >= 11 is -2.14. The van der Waals surface area contributed by atoms with Crippen molar-refractivity contribution < 1.29 is 9.90 Å². The molecule has 1 N–H and O–H groups in total. The number of carboxylic acid groups (broad SMARTS) is 1. The van der Waals surface area contributed by atoms with Gasteiger partial charge in [-0.25, -0.2) is 0 Å². The van der Waals surface area contributed by atoms with Crippen LogP contribution in [-0.4, -0.2) is 31.3 Å². The molecule has 0 aliphatic carbocycles. The monoisotopic (exact) mass is 398 g/mol. The summed E-state index contributed by atoms with van der Waals surface area (Å²) in [5.74, 6) is 0. The third kappa shape index (κ3) is 4.46. The van der Waals surface area contributed by atoms with Crippen LogP contribution in [0.5, 0.6) is 0 Å². The van der Waals surface area contributed by atoms with Crippen LogP contribution in [0.25, 0.3) is 0 Å². The van der Waals surface area contributed by atoms with Crippen molar-refractivity contribution in [3.63, 3.8) is 0 Å². The zero-order valence-electron chi connectivity index (χ0n) is 12.2. The van der Waals surface area contributed by atoms with Crippen LogP contribution in [0, 0.1) is 0 Å². The van der Waals surface area contributed by atoms with E-state index in [9.17, 15) is 0 Å². The first kappa shape index (κ1) is 16.3. The normalized spacial score (nSPS) is 9.68. The Bertz CT molecular complexity index is 576. The van der Waals surface area contributed by atoms with Crippen LogP contribution in [-0.2, 0) is 4.79 Å². The number of hydrogen-bond acceptors (Lipinski definition) is 1. The Hall–Kier alpha value is -2.07. The molecule has 0 amide bonds. The fraction of sp³-hybridized carbons (Fsp3) is 0. The fourth-order valence-corrected chi connectivity index (χ4v) is 11.0. The van der Waals surface area contributed by atoms with E-state index in [0.29, 0.717) is 0 Å². The standard InChI is InChI=1S/3C6H5.CH2O2.Sn.H/c3*1-2-4-6-5-3-1;2-1-3;;/h3*1-5H;1H,(H,2,3);;. The average Bonchev–Trinajstić information content (AvgIpc) is 2.59. The van der Waals surface area contributed by atoms with Crippen molar-refractivity contribution >= 4 is 37.0 Å². The van der Waals surface area contributed by atoms with Gasteiger partial charge in [0.2, 0.25) is 0 Å². The van der Waals surface area contributed by atoms with E-state index in [1.54, 1.807) is 10.7 Å². The summed E-state index contributed by atoms with van der Waals surface area (Å²) in [6.07, 6.45) is 0. The SMILES string of the molecule is O=CO.c1cc[c]([SnH]([c]2ccccc2)[c]2ccccc2)cc1. The Morgan fingerprint density at radius 1 is 0.591 bits per heavy atom. The van der Waals surface area contributed by atoms with E-state index >= 15 is 0 Å².